The molecule has 2 aromatic rings. The van der Waals surface area contributed by atoms with Gasteiger partial charge in [-0.25, -0.2) is 0 Å². The minimum Gasteiger partial charge on any atom is -0.339 e. The van der Waals surface area contributed by atoms with Gasteiger partial charge in [0.05, 0.1) is 0 Å². The van der Waals surface area contributed by atoms with Gasteiger partial charge >= 0.3 is 0 Å². The molecular formula is C18H23N3O2. The van der Waals surface area contributed by atoms with Crippen molar-refractivity contribution in [3.63, 3.8) is 0 Å². The number of nitrogens with zero attached hydrogens (tertiary/aromatic N) is 3. The molecule has 0 radical (unpaired) electrons. The molecule has 122 valence electrons. The lowest BCUT2D eigenvalue weighted by molar-refractivity contribution is -0.132. The molecule has 0 fully saturated rings. The lowest BCUT2D eigenvalue weighted by atomic mass is 9.93. The summed E-state index contributed by atoms with van der Waals surface area (Å²) in [6, 6.07) is 4.42. The van der Waals surface area contributed by atoms with Crippen molar-refractivity contribution in [3.05, 3.63) is 46.1 Å². The topological polar surface area (TPSA) is 59.2 Å². The normalized spacial score (nSPS) is 14.0. The Balaban J connectivity index is 1.62. The summed E-state index contributed by atoms with van der Waals surface area (Å²) in [4.78, 5) is 18.7. The monoisotopic (exact) mass is 313 g/mol. The number of benzene rings is 1. The van der Waals surface area contributed by atoms with Crippen LogP contribution >= 0.6 is 0 Å². The molecule has 0 atom stereocenters. The Morgan fingerprint density at radius 2 is 2.17 bits per heavy atom. The van der Waals surface area contributed by atoms with Crippen LogP contribution in [0.25, 0.3) is 0 Å². The first-order chi connectivity index (χ1) is 11.1. The maximum absolute atomic E-state index is 12.5. The van der Waals surface area contributed by atoms with Crippen LogP contribution in [0.4, 0.5) is 0 Å². The van der Waals surface area contributed by atoms with E-state index in [1.165, 1.54) is 22.3 Å². The summed E-state index contributed by atoms with van der Waals surface area (Å²) in [5.74, 6) is 1.41. The third kappa shape index (κ3) is 3.44. The SMILES string of the molecule is CCc1noc(CCC(=O)N2CCc3c(C)cc(C)cc3C2)n1. The second-order valence-electron chi connectivity index (χ2n) is 6.24. The summed E-state index contributed by atoms with van der Waals surface area (Å²) in [5, 5.41) is 3.86. The van der Waals surface area contributed by atoms with Crippen molar-refractivity contribution in [1.82, 2.24) is 15.0 Å². The molecule has 1 aromatic carbocycles. The van der Waals surface area contributed by atoms with Crippen LogP contribution in [0, 0.1) is 13.8 Å². The molecule has 23 heavy (non-hydrogen) atoms. The Kier molecular flexibility index (Phi) is 4.46. The molecule has 1 aliphatic heterocycles. The second-order valence-corrected chi connectivity index (χ2v) is 6.24. The molecule has 0 bridgehead atoms. The van der Waals surface area contributed by atoms with Gasteiger partial charge in [0, 0.05) is 32.4 Å². The second kappa shape index (κ2) is 6.52. The van der Waals surface area contributed by atoms with E-state index in [1.807, 2.05) is 11.8 Å². The maximum Gasteiger partial charge on any atom is 0.227 e. The number of carbonyl (C=O) groups excluding carboxylic acids is 1. The highest BCUT2D eigenvalue weighted by atomic mass is 16.5. The van der Waals surface area contributed by atoms with Gasteiger partial charge in [-0.15, -0.1) is 0 Å². The van der Waals surface area contributed by atoms with Crippen LogP contribution in [0.1, 0.15) is 47.3 Å². The van der Waals surface area contributed by atoms with Crippen LogP contribution in [0.5, 0.6) is 0 Å². The molecule has 0 spiro atoms. The van der Waals surface area contributed by atoms with Crippen molar-refractivity contribution in [2.75, 3.05) is 6.54 Å². The molecule has 1 aromatic heterocycles. The molecule has 3 rings (SSSR count). The van der Waals surface area contributed by atoms with E-state index in [9.17, 15) is 4.79 Å². The fraction of sp³-hybridized carbons (Fsp3) is 0.500. The Hall–Kier alpha value is -2.17. The maximum atomic E-state index is 12.5. The standard InChI is InChI=1S/C18H23N3O2/c1-4-16-19-17(23-20-16)5-6-18(22)21-8-7-15-13(3)9-12(2)10-14(15)11-21/h9-10H,4-8,11H2,1-3H3. The largest absolute Gasteiger partial charge is 0.339 e. The van der Waals surface area contributed by atoms with Crippen LogP contribution in [-0.2, 0) is 30.6 Å². The minimum absolute atomic E-state index is 0.158. The molecule has 0 saturated heterocycles. The first-order valence-corrected chi connectivity index (χ1v) is 8.25. The number of aromatic nitrogens is 2. The first kappa shape index (κ1) is 15.7. The van der Waals surface area contributed by atoms with Crippen molar-refractivity contribution in [1.29, 1.82) is 0 Å². The van der Waals surface area contributed by atoms with E-state index in [4.69, 9.17) is 4.52 Å². The van der Waals surface area contributed by atoms with Gasteiger partial charge in [-0.3, -0.25) is 4.79 Å². The molecule has 2 heterocycles. The molecule has 0 saturated carbocycles. The minimum atomic E-state index is 0.158. The smallest absolute Gasteiger partial charge is 0.227 e. The van der Waals surface area contributed by atoms with E-state index in [1.54, 1.807) is 0 Å². The Morgan fingerprint density at radius 1 is 1.35 bits per heavy atom. The number of amides is 1. The average Bonchev–Trinajstić information content (AvgIpc) is 3.00. The van der Waals surface area contributed by atoms with Crippen LogP contribution in [0.2, 0.25) is 0 Å². The Labute approximate surface area is 136 Å². The summed E-state index contributed by atoms with van der Waals surface area (Å²) in [6.07, 6.45) is 2.63. The van der Waals surface area contributed by atoms with E-state index >= 15 is 0 Å². The van der Waals surface area contributed by atoms with Crippen LogP contribution < -0.4 is 0 Å². The quantitative estimate of drug-likeness (QED) is 0.871. The van der Waals surface area contributed by atoms with E-state index in [2.05, 4.69) is 36.1 Å². The van der Waals surface area contributed by atoms with Gasteiger partial charge in [-0.1, -0.05) is 29.8 Å². The van der Waals surface area contributed by atoms with Gasteiger partial charge in [0.15, 0.2) is 5.82 Å². The summed E-state index contributed by atoms with van der Waals surface area (Å²) < 4.78 is 5.15. The van der Waals surface area contributed by atoms with E-state index in [0.717, 1.165) is 19.4 Å². The van der Waals surface area contributed by atoms with Crippen molar-refractivity contribution in [2.45, 2.75) is 53.0 Å². The highest BCUT2D eigenvalue weighted by Gasteiger charge is 2.22. The summed E-state index contributed by atoms with van der Waals surface area (Å²) >= 11 is 0. The van der Waals surface area contributed by atoms with Crippen LogP contribution in [-0.4, -0.2) is 27.5 Å². The van der Waals surface area contributed by atoms with Gasteiger partial charge in [0.1, 0.15) is 0 Å². The predicted molar refractivity (Wildman–Crippen MR) is 87.0 cm³/mol. The third-order valence-corrected chi connectivity index (χ3v) is 4.43. The lowest BCUT2D eigenvalue weighted by Crippen LogP contribution is -2.36. The average molecular weight is 313 g/mol. The highest BCUT2D eigenvalue weighted by Crippen LogP contribution is 2.24. The van der Waals surface area contributed by atoms with Crippen molar-refractivity contribution in [2.24, 2.45) is 0 Å². The van der Waals surface area contributed by atoms with Gasteiger partial charge in [0.2, 0.25) is 11.8 Å². The van der Waals surface area contributed by atoms with E-state index in [-0.39, 0.29) is 5.91 Å². The number of hydrogen-bond acceptors (Lipinski definition) is 4. The molecule has 5 heteroatoms. The summed E-state index contributed by atoms with van der Waals surface area (Å²) in [5.41, 5.74) is 5.29. The fourth-order valence-electron chi connectivity index (χ4n) is 3.24. The Bertz CT molecular complexity index is 721. The third-order valence-electron chi connectivity index (χ3n) is 4.43. The van der Waals surface area contributed by atoms with Crippen molar-refractivity contribution in [3.8, 4) is 0 Å². The van der Waals surface area contributed by atoms with Crippen LogP contribution in [0.3, 0.4) is 0 Å². The Morgan fingerprint density at radius 3 is 2.91 bits per heavy atom. The van der Waals surface area contributed by atoms with Gasteiger partial charge in [-0.05, 0) is 37.0 Å². The molecule has 1 aliphatic rings. The zero-order chi connectivity index (χ0) is 16.4. The van der Waals surface area contributed by atoms with Gasteiger partial charge in [0.25, 0.3) is 0 Å². The zero-order valence-electron chi connectivity index (χ0n) is 14.1. The molecule has 0 unspecified atom stereocenters. The molecule has 0 aliphatic carbocycles. The number of aryl methyl sites for hydroxylation is 4. The number of hydrogen-bond donors (Lipinski definition) is 0. The lowest BCUT2D eigenvalue weighted by Gasteiger charge is -2.30. The van der Waals surface area contributed by atoms with E-state index < -0.39 is 0 Å². The highest BCUT2D eigenvalue weighted by molar-refractivity contribution is 5.76. The van der Waals surface area contributed by atoms with E-state index in [0.29, 0.717) is 31.1 Å². The number of fused-ring (bicyclic) bond motifs is 1. The predicted octanol–water partition coefficient (Wildman–Crippen LogP) is 2.77. The number of carbonyl (C=O) groups is 1. The molecule has 1 amide bonds. The van der Waals surface area contributed by atoms with Crippen molar-refractivity contribution >= 4 is 5.91 Å². The van der Waals surface area contributed by atoms with Gasteiger partial charge in [-0.2, -0.15) is 4.98 Å². The van der Waals surface area contributed by atoms with Gasteiger partial charge < -0.3 is 9.42 Å². The first-order valence-electron chi connectivity index (χ1n) is 8.25. The zero-order valence-corrected chi connectivity index (χ0v) is 14.1. The molecular weight excluding hydrogens is 290 g/mol. The van der Waals surface area contributed by atoms with Crippen molar-refractivity contribution < 1.29 is 9.32 Å². The van der Waals surface area contributed by atoms with Crippen LogP contribution in [0.15, 0.2) is 16.7 Å². The molecule has 0 N–H and O–H groups in total. The summed E-state index contributed by atoms with van der Waals surface area (Å²) in [6.45, 7) is 7.74. The number of rotatable bonds is 4. The fourth-order valence-corrected chi connectivity index (χ4v) is 3.24. The summed E-state index contributed by atoms with van der Waals surface area (Å²) in [7, 11) is 0. The molecule has 5 nitrogen and oxygen atoms in total.